The zero-order valence-electron chi connectivity index (χ0n) is 7.89. The third-order valence-corrected chi connectivity index (χ3v) is 1.75. The van der Waals surface area contributed by atoms with Gasteiger partial charge in [-0.05, 0) is 37.6 Å². The highest BCUT2D eigenvalue weighted by atomic mass is 35.5. The standard InChI is InChI=1S/C9H11ClF2N2/c1-6(2)14-8-4-3-7(5-13-8)9(10,11)12/h3-6H,1-2H3,(H,13,14). The van der Waals surface area contributed by atoms with Crippen molar-refractivity contribution in [2.24, 2.45) is 0 Å². The summed E-state index contributed by atoms with van der Waals surface area (Å²) in [6, 6.07) is 2.95. The molecule has 0 spiro atoms. The monoisotopic (exact) mass is 220 g/mol. The van der Waals surface area contributed by atoms with Crippen molar-refractivity contribution in [3.8, 4) is 0 Å². The number of anilines is 1. The second-order valence-electron chi connectivity index (χ2n) is 3.23. The molecule has 14 heavy (non-hydrogen) atoms. The number of aromatic nitrogens is 1. The number of alkyl halides is 3. The molecule has 0 bridgehead atoms. The van der Waals surface area contributed by atoms with E-state index in [0.717, 1.165) is 6.20 Å². The maximum Gasteiger partial charge on any atom is 0.349 e. The molecule has 1 heterocycles. The van der Waals surface area contributed by atoms with Gasteiger partial charge in [-0.1, -0.05) is 0 Å². The highest BCUT2D eigenvalue weighted by Crippen LogP contribution is 2.31. The van der Waals surface area contributed by atoms with Gasteiger partial charge in [0.2, 0.25) is 0 Å². The summed E-state index contributed by atoms with van der Waals surface area (Å²) in [5.41, 5.74) is -0.298. The maximum absolute atomic E-state index is 12.6. The van der Waals surface area contributed by atoms with Gasteiger partial charge in [0.25, 0.3) is 0 Å². The molecule has 0 atom stereocenters. The van der Waals surface area contributed by atoms with Crippen LogP contribution in [0.4, 0.5) is 14.6 Å². The lowest BCUT2D eigenvalue weighted by molar-refractivity contribution is 0.0947. The summed E-state index contributed by atoms with van der Waals surface area (Å²) in [5.74, 6) is 0.560. The normalized spacial score (nSPS) is 11.9. The third-order valence-electron chi connectivity index (χ3n) is 1.53. The van der Waals surface area contributed by atoms with Crippen LogP contribution in [-0.4, -0.2) is 11.0 Å². The molecule has 5 heteroatoms. The first-order valence-corrected chi connectivity index (χ1v) is 4.57. The fourth-order valence-electron chi connectivity index (χ4n) is 0.943. The van der Waals surface area contributed by atoms with E-state index in [4.69, 9.17) is 11.6 Å². The number of nitrogens with one attached hydrogen (secondary N) is 1. The molecule has 0 unspecified atom stereocenters. The van der Waals surface area contributed by atoms with Crippen LogP contribution in [0.25, 0.3) is 0 Å². The average molecular weight is 221 g/mol. The van der Waals surface area contributed by atoms with Crippen molar-refractivity contribution in [2.75, 3.05) is 5.32 Å². The molecule has 0 aliphatic rings. The molecule has 0 saturated heterocycles. The minimum atomic E-state index is -3.34. The highest BCUT2D eigenvalue weighted by Gasteiger charge is 2.27. The lowest BCUT2D eigenvalue weighted by atomic mass is 10.3. The van der Waals surface area contributed by atoms with Crippen molar-refractivity contribution in [3.63, 3.8) is 0 Å². The van der Waals surface area contributed by atoms with Gasteiger partial charge in [0.1, 0.15) is 5.82 Å². The average Bonchev–Trinajstić information content (AvgIpc) is 2.02. The fourth-order valence-corrected chi connectivity index (χ4v) is 1.05. The Bertz CT molecular complexity index is 293. The van der Waals surface area contributed by atoms with Gasteiger partial charge in [-0.2, -0.15) is 8.78 Å². The number of pyridine rings is 1. The van der Waals surface area contributed by atoms with Gasteiger partial charge in [0.15, 0.2) is 0 Å². The molecule has 78 valence electrons. The Balaban J connectivity index is 2.79. The Labute approximate surface area is 86.3 Å². The number of hydrogen-bond donors (Lipinski definition) is 1. The van der Waals surface area contributed by atoms with Gasteiger partial charge in [0, 0.05) is 12.2 Å². The summed E-state index contributed by atoms with van der Waals surface area (Å²) in [5, 5.41) is -0.360. The van der Waals surface area contributed by atoms with Crippen molar-refractivity contribution in [1.82, 2.24) is 4.98 Å². The maximum atomic E-state index is 12.6. The predicted molar refractivity (Wildman–Crippen MR) is 52.7 cm³/mol. The van der Waals surface area contributed by atoms with Crippen LogP contribution in [0.1, 0.15) is 19.4 Å². The third kappa shape index (κ3) is 3.10. The number of halogens is 3. The van der Waals surface area contributed by atoms with Gasteiger partial charge >= 0.3 is 5.38 Å². The Hall–Kier alpha value is -0.900. The quantitative estimate of drug-likeness (QED) is 0.792. The minimum absolute atomic E-state index is 0.213. The zero-order valence-corrected chi connectivity index (χ0v) is 8.65. The van der Waals surface area contributed by atoms with E-state index in [9.17, 15) is 8.78 Å². The second kappa shape index (κ2) is 4.09. The summed E-state index contributed by atoms with van der Waals surface area (Å²) in [6.07, 6.45) is 1.07. The van der Waals surface area contributed by atoms with E-state index in [0.29, 0.717) is 5.82 Å². The molecule has 0 fully saturated rings. The number of nitrogens with zero attached hydrogens (tertiary/aromatic N) is 1. The van der Waals surface area contributed by atoms with Gasteiger partial charge in [-0.3, -0.25) is 0 Å². The number of hydrogen-bond acceptors (Lipinski definition) is 2. The highest BCUT2D eigenvalue weighted by molar-refractivity contribution is 6.21. The predicted octanol–water partition coefficient (Wildman–Crippen LogP) is 3.19. The Morgan fingerprint density at radius 1 is 1.43 bits per heavy atom. The minimum Gasteiger partial charge on any atom is -0.368 e. The van der Waals surface area contributed by atoms with Crippen molar-refractivity contribution < 1.29 is 8.78 Å². The van der Waals surface area contributed by atoms with Crippen LogP contribution in [0.3, 0.4) is 0 Å². The Morgan fingerprint density at radius 2 is 2.07 bits per heavy atom. The van der Waals surface area contributed by atoms with E-state index in [-0.39, 0.29) is 11.6 Å². The molecule has 0 saturated carbocycles. The summed E-state index contributed by atoms with van der Waals surface area (Å²) in [4.78, 5) is 3.81. The van der Waals surface area contributed by atoms with Crippen LogP contribution in [0.5, 0.6) is 0 Å². The van der Waals surface area contributed by atoms with E-state index < -0.39 is 5.38 Å². The fraction of sp³-hybridized carbons (Fsp3) is 0.444. The molecule has 0 aromatic carbocycles. The van der Waals surface area contributed by atoms with Crippen LogP contribution in [0.15, 0.2) is 18.3 Å². The molecule has 1 N–H and O–H groups in total. The molecular weight excluding hydrogens is 210 g/mol. The van der Waals surface area contributed by atoms with E-state index in [1.54, 1.807) is 0 Å². The first-order valence-electron chi connectivity index (χ1n) is 4.19. The molecule has 0 amide bonds. The summed E-state index contributed by atoms with van der Waals surface area (Å²) in [7, 11) is 0. The van der Waals surface area contributed by atoms with Gasteiger partial charge in [0.05, 0.1) is 5.56 Å². The van der Waals surface area contributed by atoms with E-state index >= 15 is 0 Å². The van der Waals surface area contributed by atoms with Crippen LogP contribution >= 0.6 is 11.6 Å². The van der Waals surface area contributed by atoms with Crippen molar-refractivity contribution in [3.05, 3.63) is 23.9 Å². The molecule has 2 nitrogen and oxygen atoms in total. The van der Waals surface area contributed by atoms with Crippen molar-refractivity contribution in [1.29, 1.82) is 0 Å². The molecule has 1 rings (SSSR count). The van der Waals surface area contributed by atoms with Crippen molar-refractivity contribution >= 4 is 17.4 Å². The summed E-state index contributed by atoms with van der Waals surface area (Å²) < 4.78 is 25.1. The Morgan fingerprint density at radius 3 is 2.43 bits per heavy atom. The van der Waals surface area contributed by atoms with Crippen LogP contribution in [0.2, 0.25) is 0 Å². The zero-order chi connectivity index (χ0) is 10.8. The smallest absolute Gasteiger partial charge is 0.349 e. The molecule has 1 aromatic heterocycles. The van der Waals surface area contributed by atoms with Gasteiger partial charge in [-0.25, -0.2) is 4.98 Å². The molecular formula is C9H11ClF2N2. The molecule has 1 aromatic rings. The van der Waals surface area contributed by atoms with Crippen LogP contribution in [-0.2, 0) is 5.38 Å². The van der Waals surface area contributed by atoms with E-state index in [1.165, 1.54) is 12.1 Å². The van der Waals surface area contributed by atoms with E-state index in [1.807, 2.05) is 13.8 Å². The molecule has 0 aliphatic carbocycles. The van der Waals surface area contributed by atoms with Crippen molar-refractivity contribution in [2.45, 2.75) is 25.3 Å². The largest absolute Gasteiger partial charge is 0.368 e. The lowest BCUT2D eigenvalue weighted by Gasteiger charge is -2.11. The topological polar surface area (TPSA) is 24.9 Å². The summed E-state index contributed by atoms with van der Waals surface area (Å²) in [6.45, 7) is 3.87. The first-order chi connectivity index (χ1) is 6.39. The van der Waals surface area contributed by atoms with Gasteiger partial charge < -0.3 is 5.32 Å². The second-order valence-corrected chi connectivity index (χ2v) is 3.70. The van der Waals surface area contributed by atoms with Crippen LogP contribution in [0, 0.1) is 0 Å². The van der Waals surface area contributed by atoms with Gasteiger partial charge in [-0.15, -0.1) is 0 Å². The Kier molecular flexibility index (Phi) is 3.26. The molecule has 0 aliphatic heterocycles. The SMILES string of the molecule is CC(C)Nc1ccc(C(F)(F)Cl)cn1. The van der Waals surface area contributed by atoms with E-state index in [2.05, 4.69) is 10.3 Å². The first kappa shape index (κ1) is 11.2. The lowest BCUT2D eigenvalue weighted by Crippen LogP contribution is -2.11. The van der Waals surface area contributed by atoms with Crippen LogP contribution < -0.4 is 5.32 Å². The summed E-state index contributed by atoms with van der Waals surface area (Å²) >= 11 is 4.82. The number of rotatable bonds is 3. The molecule has 0 radical (unpaired) electrons.